The molecule has 0 saturated carbocycles. The van der Waals surface area contributed by atoms with Gasteiger partial charge >= 0.3 is 5.97 Å². The van der Waals surface area contributed by atoms with Crippen LogP contribution in [0.15, 0.2) is 35.3 Å². The summed E-state index contributed by atoms with van der Waals surface area (Å²) in [6, 6.07) is 7.27. The van der Waals surface area contributed by atoms with E-state index >= 15 is 0 Å². The number of hydrogen-bond donors (Lipinski definition) is 2. The Morgan fingerprint density at radius 2 is 1.95 bits per heavy atom. The molecule has 0 spiro atoms. The maximum absolute atomic E-state index is 11.5. The first-order valence-corrected chi connectivity index (χ1v) is 6.07. The van der Waals surface area contributed by atoms with Crippen molar-refractivity contribution in [1.29, 1.82) is 0 Å². The van der Waals surface area contributed by atoms with Crippen molar-refractivity contribution in [3.63, 3.8) is 0 Å². The average Bonchev–Trinajstić information content (AvgIpc) is 2.41. The predicted molar refractivity (Wildman–Crippen MR) is 72.5 cm³/mol. The zero-order chi connectivity index (χ0) is 14.9. The van der Waals surface area contributed by atoms with E-state index in [4.69, 9.17) is 5.11 Å². The molecule has 104 valence electrons. The van der Waals surface area contributed by atoms with Crippen molar-refractivity contribution in [2.75, 3.05) is 0 Å². The lowest BCUT2D eigenvalue weighted by molar-refractivity contribution is 0.0686. The monoisotopic (exact) mass is 274 g/mol. The van der Waals surface area contributed by atoms with Gasteiger partial charge in [0.15, 0.2) is 5.75 Å². The molecule has 0 bridgehead atoms. The van der Waals surface area contributed by atoms with Crippen molar-refractivity contribution in [2.45, 2.75) is 19.8 Å². The summed E-state index contributed by atoms with van der Waals surface area (Å²) in [6.45, 7) is 3.97. The second-order valence-corrected chi connectivity index (χ2v) is 4.66. The molecule has 2 rings (SSSR count). The number of benzene rings is 1. The predicted octanol–water partition coefficient (Wildman–Crippen LogP) is 1.76. The van der Waals surface area contributed by atoms with Gasteiger partial charge in [0, 0.05) is 0 Å². The minimum atomic E-state index is -1.47. The molecule has 2 N–H and O–H groups in total. The molecule has 1 heterocycles. The summed E-state index contributed by atoms with van der Waals surface area (Å²) in [5.74, 6) is -1.93. The summed E-state index contributed by atoms with van der Waals surface area (Å²) < 4.78 is 1.22. The lowest BCUT2D eigenvalue weighted by Gasteiger charge is -2.14. The molecule has 0 saturated heterocycles. The Kier molecular flexibility index (Phi) is 3.56. The number of rotatable bonds is 3. The summed E-state index contributed by atoms with van der Waals surface area (Å²) >= 11 is 0. The highest BCUT2D eigenvalue weighted by Gasteiger charge is 2.17. The van der Waals surface area contributed by atoms with Gasteiger partial charge in [-0.2, -0.15) is 5.10 Å². The van der Waals surface area contributed by atoms with Crippen LogP contribution in [0.1, 0.15) is 35.8 Å². The number of para-hydroxylation sites is 1. The Morgan fingerprint density at radius 1 is 1.30 bits per heavy atom. The number of nitrogens with zero attached hydrogens (tertiary/aromatic N) is 2. The maximum Gasteiger partial charge on any atom is 0.360 e. The van der Waals surface area contributed by atoms with Gasteiger partial charge in [0.05, 0.1) is 11.9 Å². The summed E-state index contributed by atoms with van der Waals surface area (Å²) in [5, 5.41) is 22.3. The highest BCUT2D eigenvalue weighted by molar-refractivity contribution is 5.85. The lowest BCUT2D eigenvalue weighted by Crippen LogP contribution is -2.21. The fourth-order valence-electron chi connectivity index (χ4n) is 1.93. The third-order valence-corrected chi connectivity index (χ3v) is 2.91. The number of hydrogen-bond acceptors (Lipinski definition) is 4. The van der Waals surface area contributed by atoms with Crippen LogP contribution < -0.4 is 5.43 Å². The number of aromatic nitrogens is 2. The van der Waals surface area contributed by atoms with E-state index < -0.39 is 22.8 Å². The molecular formula is C14H14N2O4. The normalized spacial score (nSPS) is 10.8. The first kappa shape index (κ1) is 13.8. The van der Waals surface area contributed by atoms with Crippen LogP contribution in [0.4, 0.5) is 0 Å². The first-order valence-electron chi connectivity index (χ1n) is 6.07. The van der Waals surface area contributed by atoms with Crippen LogP contribution in [0.3, 0.4) is 0 Å². The van der Waals surface area contributed by atoms with Crippen molar-refractivity contribution >= 4 is 5.97 Å². The van der Waals surface area contributed by atoms with Crippen LogP contribution in [-0.4, -0.2) is 26.0 Å². The fourth-order valence-corrected chi connectivity index (χ4v) is 1.93. The molecule has 1 aromatic carbocycles. The number of carbonyl (C=O) groups is 1. The first-order chi connectivity index (χ1) is 9.41. The van der Waals surface area contributed by atoms with Gasteiger partial charge in [-0.15, -0.1) is 0 Å². The molecule has 0 fully saturated rings. The minimum absolute atomic E-state index is 0.183. The molecule has 6 heteroatoms. The number of carboxylic acids is 1. The standard InChI is InChI=1S/C14H14N2O4/c1-8(2)9-5-3-4-6-10(9)16-7-11(17)13(18)12(15-16)14(19)20/h3-8,17H,1-2H3,(H,19,20). The van der Waals surface area contributed by atoms with Crippen LogP contribution in [0.5, 0.6) is 5.75 Å². The minimum Gasteiger partial charge on any atom is -0.503 e. The highest BCUT2D eigenvalue weighted by atomic mass is 16.4. The van der Waals surface area contributed by atoms with Gasteiger partial charge in [0.2, 0.25) is 5.69 Å². The molecule has 0 amide bonds. The molecule has 1 aromatic heterocycles. The third-order valence-electron chi connectivity index (χ3n) is 2.91. The van der Waals surface area contributed by atoms with Gasteiger partial charge < -0.3 is 10.2 Å². The molecule has 6 nitrogen and oxygen atoms in total. The molecule has 0 atom stereocenters. The van der Waals surface area contributed by atoms with Crippen LogP contribution in [0, 0.1) is 0 Å². The van der Waals surface area contributed by atoms with Crippen LogP contribution >= 0.6 is 0 Å². The van der Waals surface area contributed by atoms with E-state index in [1.165, 1.54) is 4.68 Å². The van der Waals surface area contributed by atoms with Crippen LogP contribution in [0.25, 0.3) is 5.69 Å². The maximum atomic E-state index is 11.5. The van der Waals surface area contributed by atoms with Gasteiger partial charge in [-0.25, -0.2) is 9.48 Å². The molecule has 0 aliphatic carbocycles. The van der Waals surface area contributed by atoms with Crippen molar-refractivity contribution in [3.8, 4) is 11.4 Å². The Morgan fingerprint density at radius 3 is 2.55 bits per heavy atom. The zero-order valence-electron chi connectivity index (χ0n) is 11.1. The molecule has 0 aliphatic heterocycles. The van der Waals surface area contributed by atoms with Crippen molar-refractivity contribution < 1.29 is 15.0 Å². The summed E-state index contributed by atoms with van der Waals surface area (Å²) in [7, 11) is 0. The van der Waals surface area contributed by atoms with E-state index in [0.717, 1.165) is 11.8 Å². The summed E-state index contributed by atoms with van der Waals surface area (Å²) in [6.07, 6.45) is 1.12. The van der Waals surface area contributed by atoms with Crippen molar-refractivity contribution in [1.82, 2.24) is 9.78 Å². The van der Waals surface area contributed by atoms with Crippen LogP contribution in [0.2, 0.25) is 0 Å². The van der Waals surface area contributed by atoms with Crippen molar-refractivity contribution in [2.24, 2.45) is 0 Å². The average molecular weight is 274 g/mol. The molecular weight excluding hydrogens is 260 g/mol. The molecule has 2 aromatic rings. The van der Waals surface area contributed by atoms with Crippen molar-refractivity contribution in [3.05, 3.63) is 51.9 Å². The van der Waals surface area contributed by atoms with E-state index in [0.29, 0.717) is 5.69 Å². The third kappa shape index (κ3) is 2.40. The smallest absolute Gasteiger partial charge is 0.360 e. The number of aromatic hydroxyl groups is 1. The van der Waals surface area contributed by atoms with Gasteiger partial charge in [-0.3, -0.25) is 4.79 Å². The summed E-state index contributed by atoms with van der Waals surface area (Å²) in [5.41, 5.74) is -0.140. The molecule has 0 radical (unpaired) electrons. The molecule has 20 heavy (non-hydrogen) atoms. The number of carboxylic acid groups (broad SMARTS) is 1. The Bertz CT molecular complexity index is 719. The SMILES string of the molecule is CC(C)c1ccccc1-n1cc(O)c(=O)c(C(=O)O)n1. The topological polar surface area (TPSA) is 92.4 Å². The fraction of sp³-hybridized carbons (Fsp3) is 0.214. The van der Waals surface area contributed by atoms with Gasteiger partial charge in [0.25, 0.3) is 5.43 Å². The van der Waals surface area contributed by atoms with Gasteiger partial charge in [-0.1, -0.05) is 32.0 Å². The largest absolute Gasteiger partial charge is 0.503 e. The highest BCUT2D eigenvalue weighted by Crippen LogP contribution is 2.22. The van der Waals surface area contributed by atoms with Gasteiger partial charge in [-0.05, 0) is 17.5 Å². The molecule has 0 aliphatic rings. The summed E-state index contributed by atoms with van der Waals surface area (Å²) in [4.78, 5) is 22.5. The van der Waals surface area contributed by atoms with Crippen LogP contribution in [-0.2, 0) is 0 Å². The quantitative estimate of drug-likeness (QED) is 0.889. The zero-order valence-corrected chi connectivity index (χ0v) is 11.1. The Balaban J connectivity index is 2.71. The Hall–Kier alpha value is -2.63. The van der Waals surface area contributed by atoms with E-state index in [-0.39, 0.29) is 5.92 Å². The van der Waals surface area contributed by atoms with E-state index in [1.807, 2.05) is 26.0 Å². The second kappa shape index (κ2) is 5.16. The molecule has 0 unspecified atom stereocenters. The van der Waals surface area contributed by atoms with Gasteiger partial charge in [0.1, 0.15) is 0 Å². The second-order valence-electron chi connectivity index (χ2n) is 4.66. The lowest BCUT2D eigenvalue weighted by atomic mass is 10.0. The van der Waals surface area contributed by atoms with E-state index in [1.54, 1.807) is 12.1 Å². The number of aromatic carboxylic acids is 1. The van der Waals surface area contributed by atoms with E-state index in [9.17, 15) is 14.7 Å². The van der Waals surface area contributed by atoms with E-state index in [2.05, 4.69) is 5.10 Å². The Labute approximate surface area is 114 Å².